The summed E-state index contributed by atoms with van der Waals surface area (Å²) >= 11 is 0. The van der Waals surface area contributed by atoms with Crippen molar-refractivity contribution in [1.82, 2.24) is 19.6 Å². The summed E-state index contributed by atoms with van der Waals surface area (Å²) in [6.07, 6.45) is 1.24. The second-order valence-corrected chi connectivity index (χ2v) is 4.64. The number of aromatic nitrogens is 4. The molecule has 23 heavy (non-hydrogen) atoms. The lowest BCUT2D eigenvalue weighted by Crippen LogP contribution is -2.18. The van der Waals surface area contributed by atoms with E-state index in [9.17, 15) is 19.7 Å². The van der Waals surface area contributed by atoms with Gasteiger partial charge in [-0.25, -0.2) is 4.79 Å². The number of nitrogens with one attached hydrogen (secondary N) is 1. The lowest BCUT2D eigenvalue weighted by atomic mass is 10.2. The number of nitrogens with zero attached hydrogens (tertiary/aromatic N) is 5. The predicted molar refractivity (Wildman–Crippen MR) is 77.1 cm³/mol. The number of ether oxygens (including phenoxy) is 1. The number of esters is 1. The first kappa shape index (κ1) is 16.1. The van der Waals surface area contributed by atoms with E-state index in [0.717, 1.165) is 0 Å². The summed E-state index contributed by atoms with van der Waals surface area (Å²) in [6.45, 7) is 1.48. The lowest BCUT2D eigenvalue weighted by Gasteiger charge is -2.04. The summed E-state index contributed by atoms with van der Waals surface area (Å²) in [5, 5.41) is 21.2. The van der Waals surface area contributed by atoms with Crippen LogP contribution in [0.25, 0.3) is 0 Å². The Morgan fingerprint density at radius 2 is 2.00 bits per heavy atom. The molecule has 0 aliphatic rings. The van der Waals surface area contributed by atoms with Crippen molar-refractivity contribution >= 4 is 23.3 Å². The van der Waals surface area contributed by atoms with Crippen LogP contribution < -0.4 is 5.32 Å². The first-order valence-corrected chi connectivity index (χ1v) is 6.37. The summed E-state index contributed by atoms with van der Waals surface area (Å²) in [5.74, 6) is -1.52. The lowest BCUT2D eigenvalue weighted by molar-refractivity contribution is -0.385. The average Bonchev–Trinajstić information content (AvgIpc) is 2.99. The third kappa shape index (κ3) is 2.75. The molecule has 2 heterocycles. The minimum Gasteiger partial charge on any atom is -0.464 e. The monoisotopic (exact) mass is 322 g/mol. The number of nitro groups is 1. The molecule has 0 fully saturated rings. The van der Waals surface area contributed by atoms with Gasteiger partial charge >= 0.3 is 11.7 Å². The Labute approximate surface area is 130 Å². The van der Waals surface area contributed by atoms with Crippen LogP contribution >= 0.6 is 0 Å². The van der Waals surface area contributed by atoms with Crippen molar-refractivity contribution in [3.63, 3.8) is 0 Å². The maximum atomic E-state index is 12.3. The van der Waals surface area contributed by atoms with Gasteiger partial charge in [-0.3, -0.25) is 24.3 Å². The highest BCUT2D eigenvalue weighted by Crippen LogP contribution is 2.24. The van der Waals surface area contributed by atoms with Crippen molar-refractivity contribution in [2.24, 2.45) is 14.1 Å². The number of anilines is 1. The van der Waals surface area contributed by atoms with Gasteiger partial charge in [-0.2, -0.15) is 10.2 Å². The van der Waals surface area contributed by atoms with Crippen LogP contribution in [0.1, 0.15) is 26.7 Å². The Morgan fingerprint density at radius 1 is 1.35 bits per heavy atom. The highest BCUT2D eigenvalue weighted by atomic mass is 16.6. The molecular weight excluding hydrogens is 308 g/mol. The molecule has 122 valence electrons. The second-order valence-electron chi connectivity index (χ2n) is 4.64. The van der Waals surface area contributed by atoms with E-state index >= 15 is 0 Å². The molecule has 0 saturated carbocycles. The van der Waals surface area contributed by atoms with Crippen LogP contribution in [0.2, 0.25) is 0 Å². The van der Waals surface area contributed by atoms with Gasteiger partial charge in [0, 0.05) is 14.1 Å². The molecule has 2 aromatic heterocycles. The Morgan fingerprint density at radius 3 is 2.57 bits per heavy atom. The smallest absolute Gasteiger partial charge is 0.358 e. The fraction of sp³-hybridized carbons (Fsp3) is 0.333. The molecule has 0 spiro atoms. The summed E-state index contributed by atoms with van der Waals surface area (Å²) in [6, 6.07) is 0. The van der Waals surface area contributed by atoms with Crippen molar-refractivity contribution in [3.8, 4) is 0 Å². The van der Waals surface area contributed by atoms with Gasteiger partial charge in [0.05, 0.1) is 23.9 Å². The third-order valence-electron chi connectivity index (χ3n) is 3.27. The van der Waals surface area contributed by atoms with E-state index in [-0.39, 0.29) is 22.8 Å². The molecule has 0 aliphatic carbocycles. The van der Waals surface area contributed by atoms with Crippen LogP contribution in [-0.4, -0.2) is 43.5 Å². The number of hydrogen-bond donors (Lipinski definition) is 1. The van der Waals surface area contributed by atoms with Crippen molar-refractivity contribution < 1.29 is 19.2 Å². The van der Waals surface area contributed by atoms with Crippen molar-refractivity contribution in [2.45, 2.75) is 6.92 Å². The Hall–Kier alpha value is -3.24. The van der Waals surface area contributed by atoms with Gasteiger partial charge in [-0.05, 0) is 6.92 Å². The van der Waals surface area contributed by atoms with Gasteiger partial charge < -0.3 is 10.1 Å². The maximum absolute atomic E-state index is 12.3. The van der Waals surface area contributed by atoms with Crippen LogP contribution in [0.5, 0.6) is 0 Å². The van der Waals surface area contributed by atoms with Gasteiger partial charge in [0.2, 0.25) is 5.69 Å². The number of methoxy groups -OCH3 is 1. The van der Waals surface area contributed by atoms with Gasteiger partial charge in [0.15, 0.2) is 5.69 Å². The Kier molecular flexibility index (Phi) is 4.12. The van der Waals surface area contributed by atoms with E-state index < -0.39 is 22.5 Å². The molecule has 1 amide bonds. The zero-order chi connectivity index (χ0) is 17.3. The van der Waals surface area contributed by atoms with E-state index in [1.165, 1.54) is 43.7 Å². The molecule has 0 aliphatic heterocycles. The quantitative estimate of drug-likeness (QED) is 0.489. The highest BCUT2D eigenvalue weighted by molar-refractivity contribution is 6.08. The molecule has 0 unspecified atom stereocenters. The number of hydrogen-bond acceptors (Lipinski definition) is 7. The SMILES string of the molecule is COC(=O)c1c(NC(=O)c2nn(C)c(C)c2[N+](=O)[O-])cnn1C. The average molecular weight is 322 g/mol. The van der Waals surface area contributed by atoms with Crippen molar-refractivity contribution in [2.75, 3.05) is 12.4 Å². The summed E-state index contributed by atoms with van der Waals surface area (Å²) in [4.78, 5) is 34.4. The van der Waals surface area contributed by atoms with Gasteiger partial charge in [0.1, 0.15) is 5.69 Å². The van der Waals surface area contributed by atoms with Crippen LogP contribution in [-0.2, 0) is 18.8 Å². The topological polar surface area (TPSA) is 134 Å². The maximum Gasteiger partial charge on any atom is 0.358 e. The molecule has 0 aromatic carbocycles. The molecule has 0 atom stereocenters. The predicted octanol–water partition coefficient (Wildman–Crippen LogP) is 0.409. The molecule has 11 nitrogen and oxygen atoms in total. The number of carbonyl (C=O) groups excluding carboxylic acids is 2. The fourth-order valence-electron chi connectivity index (χ4n) is 2.02. The normalized spacial score (nSPS) is 10.4. The van der Waals surface area contributed by atoms with E-state index in [4.69, 9.17) is 0 Å². The summed E-state index contributed by atoms with van der Waals surface area (Å²) < 4.78 is 7.06. The molecule has 0 saturated heterocycles. The number of rotatable bonds is 4. The first-order chi connectivity index (χ1) is 10.8. The van der Waals surface area contributed by atoms with E-state index in [1.807, 2.05) is 0 Å². The van der Waals surface area contributed by atoms with Crippen molar-refractivity contribution in [3.05, 3.63) is 33.4 Å². The first-order valence-electron chi connectivity index (χ1n) is 6.37. The molecule has 11 heteroatoms. The van der Waals surface area contributed by atoms with Gasteiger partial charge in [0.25, 0.3) is 5.91 Å². The molecule has 2 rings (SSSR count). The third-order valence-corrected chi connectivity index (χ3v) is 3.27. The second kappa shape index (κ2) is 5.87. The molecule has 0 radical (unpaired) electrons. The Balaban J connectivity index is 2.40. The van der Waals surface area contributed by atoms with Crippen LogP contribution in [0, 0.1) is 17.0 Å². The molecule has 2 aromatic rings. The number of aryl methyl sites for hydroxylation is 2. The highest BCUT2D eigenvalue weighted by Gasteiger charge is 2.30. The largest absolute Gasteiger partial charge is 0.464 e. The standard InChI is InChI=1S/C12H14N6O5/c1-6-9(18(21)22)8(15-16(6)2)11(19)14-7-5-13-17(3)10(7)12(20)23-4/h5H,1-4H3,(H,14,19). The molecule has 1 N–H and O–H groups in total. The van der Waals surface area contributed by atoms with E-state index in [1.54, 1.807) is 0 Å². The van der Waals surface area contributed by atoms with Crippen molar-refractivity contribution in [1.29, 1.82) is 0 Å². The molecule has 0 bridgehead atoms. The zero-order valence-corrected chi connectivity index (χ0v) is 12.9. The minimum absolute atomic E-state index is 0.0103. The van der Waals surface area contributed by atoms with Gasteiger partial charge in [-0.15, -0.1) is 0 Å². The van der Waals surface area contributed by atoms with Gasteiger partial charge in [-0.1, -0.05) is 0 Å². The molecular formula is C12H14N6O5. The van der Waals surface area contributed by atoms with Crippen LogP contribution in [0.15, 0.2) is 6.20 Å². The number of carbonyl (C=O) groups is 2. The van der Waals surface area contributed by atoms with E-state index in [2.05, 4.69) is 20.3 Å². The zero-order valence-electron chi connectivity index (χ0n) is 12.9. The summed E-state index contributed by atoms with van der Waals surface area (Å²) in [5.41, 5.74) is -0.430. The minimum atomic E-state index is -0.821. The Bertz CT molecular complexity index is 805. The number of amides is 1. The van der Waals surface area contributed by atoms with Crippen LogP contribution in [0.4, 0.5) is 11.4 Å². The van der Waals surface area contributed by atoms with Crippen LogP contribution in [0.3, 0.4) is 0 Å². The van der Waals surface area contributed by atoms with E-state index in [0.29, 0.717) is 0 Å². The fourth-order valence-corrected chi connectivity index (χ4v) is 2.02. The summed E-state index contributed by atoms with van der Waals surface area (Å²) in [7, 11) is 4.17.